The molecule has 0 fully saturated rings. The number of ether oxygens (including phenoxy) is 1. The van der Waals surface area contributed by atoms with Gasteiger partial charge in [-0.15, -0.1) is 0 Å². The molecule has 1 atom stereocenters. The van der Waals surface area contributed by atoms with Gasteiger partial charge in [0.05, 0.1) is 19.1 Å². The van der Waals surface area contributed by atoms with Gasteiger partial charge in [-0.3, -0.25) is 9.59 Å². The van der Waals surface area contributed by atoms with Crippen molar-refractivity contribution >= 4 is 33.4 Å². The van der Waals surface area contributed by atoms with Crippen LogP contribution in [0, 0.1) is 0 Å². The lowest BCUT2D eigenvalue weighted by atomic mass is 10.0. The van der Waals surface area contributed by atoms with Gasteiger partial charge in [0.2, 0.25) is 11.8 Å². The largest absolute Gasteiger partial charge is 0.370 e. The summed E-state index contributed by atoms with van der Waals surface area (Å²) in [6, 6.07) is 3.30. The first-order chi connectivity index (χ1) is 8.97. The molecule has 0 saturated carbocycles. The van der Waals surface area contributed by atoms with Crippen LogP contribution in [0.5, 0.6) is 0 Å². The van der Waals surface area contributed by atoms with E-state index in [1.165, 1.54) is 0 Å². The summed E-state index contributed by atoms with van der Waals surface area (Å²) in [5.74, 6) is -0.562. The van der Waals surface area contributed by atoms with E-state index >= 15 is 0 Å². The second-order valence-corrected chi connectivity index (χ2v) is 5.20. The van der Waals surface area contributed by atoms with E-state index in [-0.39, 0.29) is 19.1 Å². The van der Waals surface area contributed by atoms with Crippen molar-refractivity contribution < 1.29 is 14.3 Å². The van der Waals surface area contributed by atoms with Crippen LogP contribution in [0.4, 0.5) is 5.69 Å². The fourth-order valence-corrected chi connectivity index (χ4v) is 2.56. The van der Waals surface area contributed by atoms with Crippen LogP contribution in [0.25, 0.3) is 0 Å². The van der Waals surface area contributed by atoms with E-state index in [4.69, 9.17) is 16.2 Å². The monoisotopic (exact) mass is 327 g/mol. The highest BCUT2D eigenvalue weighted by atomic mass is 79.9. The van der Waals surface area contributed by atoms with Crippen LogP contribution in [0.1, 0.15) is 17.2 Å². The second kappa shape index (κ2) is 5.68. The molecule has 0 bridgehead atoms. The van der Waals surface area contributed by atoms with Gasteiger partial charge in [0.1, 0.15) is 6.61 Å². The SMILES string of the molecule is NC(=O)COCC(N)c1cc2c(cc1Br)NC(=O)C2. The second-order valence-electron chi connectivity index (χ2n) is 4.34. The van der Waals surface area contributed by atoms with Crippen LogP contribution in [0.3, 0.4) is 0 Å². The number of nitrogens with two attached hydrogens (primary N) is 2. The lowest BCUT2D eigenvalue weighted by molar-refractivity contribution is -0.122. The number of fused-ring (bicyclic) bond motifs is 1. The Bertz CT molecular complexity index is 533. The van der Waals surface area contributed by atoms with Crippen molar-refractivity contribution in [1.29, 1.82) is 0 Å². The first kappa shape index (κ1) is 14.0. The van der Waals surface area contributed by atoms with E-state index in [9.17, 15) is 9.59 Å². The summed E-state index contributed by atoms with van der Waals surface area (Å²) in [7, 11) is 0. The molecule has 0 saturated heterocycles. The molecule has 19 heavy (non-hydrogen) atoms. The van der Waals surface area contributed by atoms with Gasteiger partial charge in [0.15, 0.2) is 0 Å². The van der Waals surface area contributed by atoms with Crippen molar-refractivity contribution in [3.05, 3.63) is 27.7 Å². The molecule has 2 rings (SSSR count). The van der Waals surface area contributed by atoms with E-state index in [2.05, 4.69) is 21.2 Å². The number of rotatable bonds is 5. The Balaban J connectivity index is 2.10. The van der Waals surface area contributed by atoms with Crippen molar-refractivity contribution in [3.8, 4) is 0 Å². The average molecular weight is 328 g/mol. The first-order valence-corrected chi connectivity index (χ1v) is 6.50. The number of hydrogen-bond acceptors (Lipinski definition) is 4. The van der Waals surface area contributed by atoms with Gasteiger partial charge in [0, 0.05) is 10.2 Å². The number of benzene rings is 1. The molecular formula is C12H14BrN3O3. The normalized spacial score (nSPS) is 14.9. The number of nitrogens with one attached hydrogen (secondary N) is 1. The predicted molar refractivity (Wildman–Crippen MR) is 73.4 cm³/mol. The summed E-state index contributed by atoms with van der Waals surface area (Å²) in [5.41, 5.74) is 13.5. The lowest BCUT2D eigenvalue weighted by Gasteiger charge is -2.15. The van der Waals surface area contributed by atoms with Gasteiger partial charge in [-0.05, 0) is 17.2 Å². The summed E-state index contributed by atoms with van der Waals surface area (Å²) < 4.78 is 5.90. The van der Waals surface area contributed by atoms with Crippen LogP contribution in [0.15, 0.2) is 16.6 Å². The highest BCUT2D eigenvalue weighted by Crippen LogP contribution is 2.32. The maximum atomic E-state index is 11.3. The van der Waals surface area contributed by atoms with Gasteiger partial charge in [-0.1, -0.05) is 22.0 Å². The molecule has 1 heterocycles. The molecule has 1 aliphatic heterocycles. The highest BCUT2D eigenvalue weighted by molar-refractivity contribution is 9.10. The van der Waals surface area contributed by atoms with Crippen LogP contribution in [-0.2, 0) is 20.7 Å². The smallest absolute Gasteiger partial charge is 0.243 e. The zero-order valence-corrected chi connectivity index (χ0v) is 11.7. The van der Waals surface area contributed by atoms with Crippen LogP contribution >= 0.6 is 15.9 Å². The number of carbonyl (C=O) groups is 2. The van der Waals surface area contributed by atoms with Gasteiger partial charge in [-0.25, -0.2) is 0 Å². The topological polar surface area (TPSA) is 107 Å². The minimum atomic E-state index is -0.532. The molecule has 1 aliphatic rings. The molecule has 0 radical (unpaired) electrons. The zero-order valence-electron chi connectivity index (χ0n) is 10.1. The molecule has 102 valence electrons. The van der Waals surface area contributed by atoms with E-state index in [0.29, 0.717) is 6.42 Å². The Labute approximate surface area is 118 Å². The van der Waals surface area contributed by atoms with Gasteiger partial charge >= 0.3 is 0 Å². The Kier molecular flexibility index (Phi) is 4.18. The molecular weight excluding hydrogens is 314 g/mol. The van der Waals surface area contributed by atoms with Crippen LogP contribution < -0.4 is 16.8 Å². The van der Waals surface area contributed by atoms with E-state index < -0.39 is 11.9 Å². The predicted octanol–water partition coefficient (Wildman–Crippen LogP) is 0.445. The first-order valence-electron chi connectivity index (χ1n) is 5.71. The number of carbonyl (C=O) groups excluding carboxylic acids is 2. The average Bonchev–Trinajstić information content (AvgIpc) is 2.66. The minimum absolute atomic E-state index is 0.0300. The van der Waals surface area contributed by atoms with Crippen LogP contribution in [0.2, 0.25) is 0 Å². The molecule has 0 aliphatic carbocycles. The molecule has 0 aromatic heterocycles. The highest BCUT2D eigenvalue weighted by Gasteiger charge is 2.21. The van der Waals surface area contributed by atoms with E-state index in [1.54, 1.807) is 0 Å². The van der Waals surface area contributed by atoms with Gasteiger partial charge in [0.25, 0.3) is 0 Å². The number of amides is 2. The molecule has 5 N–H and O–H groups in total. The lowest BCUT2D eigenvalue weighted by Crippen LogP contribution is -2.23. The summed E-state index contributed by atoms with van der Waals surface area (Å²) >= 11 is 3.41. The van der Waals surface area contributed by atoms with Crippen molar-refractivity contribution in [1.82, 2.24) is 0 Å². The number of halogens is 1. The zero-order chi connectivity index (χ0) is 14.0. The van der Waals surface area contributed by atoms with Gasteiger partial charge in [-0.2, -0.15) is 0 Å². The summed E-state index contributed by atoms with van der Waals surface area (Å²) in [6.45, 7) is 0.0258. The van der Waals surface area contributed by atoms with E-state index in [0.717, 1.165) is 21.3 Å². The third-order valence-corrected chi connectivity index (χ3v) is 3.48. The van der Waals surface area contributed by atoms with Crippen molar-refractivity contribution in [3.63, 3.8) is 0 Å². The summed E-state index contributed by atoms with van der Waals surface area (Å²) in [4.78, 5) is 21.9. The quantitative estimate of drug-likeness (QED) is 0.729. The van der Waals surface area contributed by atoms with Crippen molar-refractivity contribution in [2.45, 2.75) is 12.5 Å². The molecule has 6 nitrogen and oxygen atoms in total. The maximum absolute atomic E-state index is 11.3. The molecule has 2 amide bonds. The van der Waals surface area contributed by atoms with Crippen molar-refractivity contribution in [2.24, 2.45) is 11.5 Å². The summed E-state index contributed by atoms with van der Waals surface area (Å²) in [5, 5.41) is 2.76. The molecule has 7 heteroatoms. The fourth-order valence-electron chi connectivity index (χ4n) is 1.93. The third kappa shape index (κ3) is 3.31. The minimum Gasteiger partial charge on any atom is -0.370 e. The molecule has 1 unspecified atom stereocenters. The Morgan fingerprint density at radius 1 is 1.53 bits per heavy atom. The molecule has 1 aromatic rings. The fraction of sp³-hybridized carbons (Fsp3) is 0.333. The Morgan fingerprint density at radius 2 is 2.26 bits per heavy atom. The van der Waals surface area contributed by atoms with Crippen molar-refractivity contribution in [2.75, 3.05) is 18.5 Å². The number of hydrogen-bond donors (Lipinski definition) is 3. The molecule has 0 spiro atoms. The van der Waals surface area contributed by atoms with E-state index in [1.807, 2.05) is 12.1 Å². The Morgan fingerprint density at radius 3 is 2.95 bits per heavy atom. The maximum Gasteiger partial charge on any atom is 0.243 e. The Hall–Kier alpha value is -1.44. The molecule has 1 aromatic carbocycles. The van der Waals surface area contributed by atoms with Crippen LogP contribution in [-0.4, -0.2) is 25.0 Å². The number of anilines is 1. The third-order valence-electron chi connectivity index (χ3n) is 2.79. The number of primary amides is 1. The van der Waals surface area contributed by atoms with Gasteiger partial charge < -0.3 is 21.5 Å². The standard InChI is InChI=1S/C12H14BrN3O3/c13-8-3-10-6(2-12(18)16-10)1-7(8)9(14)4-19-5-11(15)17/h1,3,9H,2,4-5,14H2,(H2,15,17)(H,16,18). The summed E-state index contributed by atoms with van der Waals surface area (Å²) in [6.07, 6.45) is 0.352.